The number of ether oxygens (including phenoxy) is 1. The second-order valence-corrected chi connectivity index (χ2v) is 5.93. The predicted octanol–water partition coefficient (Wildman–Crippen LogP) is 5.14. The number of aromatic nitrogens is 2. The van der Waals surface area contributed by atoms with E-state index in [0.29, 0.717) is 5.88 Å². The summed E-state index contributed by atoms with van der Waals surface area (Å²) >= 11 is 6.08. The van der Waals surface area contributed by atoms with Gasteiger partial charge in [0, 0.05) is 6.54 Å². The van der Waals surface area contributed by atoms with Crippen molar-refractivity contribution in [1.82, 2.24) is 9.55 Å². The molecule has 0 saturated heterocycles. The lowest BCUT2D eigenvalue weighted by Crippen LogP contribution is -2.06. The standard InChI is InChI=1S/C17H25ClN2O/c1-4-5-6-7-11-20-14-9-8-10-15(21-13(2)3)17(14)19-16(20)12-18/h8-10,13H,4-7,11-12H2,1-3H3. The monoisotopic (exact) mass is 308 g/mol. The van der Waals surface area contributed by atoms with E-state index in [1.165, 1.54) is 25.7 Å². The summed E-state index contributed by atoms with van der Waals surface area (Å²) in [7, 11) is 0. The normalized spacial score (nSPS) is 11.5. The Morgan fingerprint density at radius 1 is 1.24 bits per heavy atom. The van der Waals surface area contributed by atoms with Gasteiger partial charge < -0.3 is 9.30 Å². The number of benzene rings is 1. The number of hydrogen-bond acceptors (Lipinski definition) is 2. The van der Waals surface area contributed by atoms with Crippen LogP contribution >= 0.6 is 11.6 Å². The molecule has 0 radical (unpaired) electrons. The molecule has 0 unspecified atom stereocenters. The maximum atomic E-state index is 6.08. The molecule has 3 nitrogen and oxygen atoms in total. The van der Waals surface area contributed by atoms with Gasteiger partial charge in [0.2, 0.25) is 0 Å². The molecule has 21 heavy (non-hydrogen) atoms. The lowest BCUT2D eigenvalue weighted by molar-refractivity contribution is 0.245. The quantitative estimate of drug-likeness (QED) is 0.498. The number of alkyl halides is 1. The molecule has 0 atom stereocenters. The van der Waals surface area contributed by atoms with Gasteiger partial charge in [0.05, 0.1) is 17.5 Å². The molecule has 116 valence electrons. The van der Waals surface area contributed by atoms with Gasteiger partial charge in [-0.2, -0.15) is 0 Å². The van der Waals surface area contributed by atoms with Crippen molar-refractivity contribution in [1.29, 1.82) is 0 Å². The minimum Gasteiger partial charge on any atom is -0.489 e. The van der Waals surface area contributed by atoms with Crippen molar-refractivity contribution in [2.24, 2.45) is 0 Å². The lowest BCUT2D eigenvalue weighted by Gasteiger charge is -2.10. The van der Waals surface area contributed by atoms with E-state index in [9.17, 15) is 0 Å². The van der Waals surface area contributed by atoms with E-state index in [1.807, 2.05) is 26.0 Å². The van der Waals surface area contributed by atoms with Crippen LogP contribution in [0, 0.1) is 0 Å². The fourth-order valence-electron chi connectivity index (χ4n) is 2.57. The molecule has 2 aromatic rings. The summed E-state index contributed by atoms with van der Waals surface area (Å²) in [5, 5.41) is 0. The highest BCUT2D eigenvalue weighted by Gasteiger charge is 2.14. The summed E-state index contributed by atoms with van der Waals surface area (Å²) in [4.78, 5) is 4.69. The topological polar surface area (TPSA) is 27.1 Å². The van der Waals surface area contributed by atoms with E-state index in [-0.39, 0.29) is 6.10 Å². The summed E-state index contributed by atoms with van der Waals surface area (Å²) in [5.41, 5.74) is 2.05. The van der Waals surface area contributed by atoms with E-state index < -0.39 is 0 Å². The summed E-state index contributed by atoms with van der Waals surface area (Å²) in [5.74, 6) is 2.22. The van der Waals surface area contributed by atoms with Crippen LogP contribution < -0.4 is 4.74 Å². The average molecular weight is 309 g/mol. The summed E-state index contributed by atoms with van der Waals surface area (Å²) in [6, 6.07) is 6.11. The highest BCUT2D eigenvalue weighted by atomic mass is 35.5. The first-order valence-electron chi connectivity index (χ1n) is 7.88. The Hall–Kier alpha value is -1.22. The number of para-hydroxylation sites is 1. The molecule has 0 aliphatic carbocycles. The van der Waals surface area contributed by atoms with E-state index in [2.05, 4.69) is 22.5 Å². The van der Waals surface area contributed by atoms with Gasteiger partial charge in [0.25, 0.3) is 0 Å². The smallest absolute Gasteiger partial charge is 0.147 e. The van der Waals surface area contributed by atoms with Gasteiger partial charge in [-0.3, -0.25) is 0 Å². The Morgan fingerprint density at radius 2 is 2.05 bits per heavy atom. The van der Waals surface area contributed by atoms with Crippen molar-refractivity contribution in [3.05, 3.63) is 24.0 Å². The van der Waals surface area contributed by atoms with Crippen LogP contribution in [0.4, 0.5) is 0 Å². The summed E-state index contributed by atoms with van der Waals surface area (Å²) in [6.07, 6.45) is 5.09. The minimum absolute atomic E-state index is 0.143. The second kappa shape index (κ2) is 7.69. The fraction of sp³-hybridized carbons (Fsp3) is 0.588. The molecule has 4 heteroatoms. The highest BCUT2D eigenvalue weighted by molar-refractivity contribution is 6.16. The van der Waals surface area contributed by atoms with Crippen molar-refractivity contribution in [3.8, 4) is 5.75 Å². The Balaban J connectivity index is 2.30. The van der Waals surface area contributed by atoms with Gasteiger partial charge >= 0.3 is 0 Å². The van der Waals surface area contributed by atoms with E-state index >= 15 is 0 Å². The molecule has 0 bridgehead atoms. The molecular formula is C17H25ClN2O. The van der Waals surface area contributed by atoms with Crippen LogP contribution in [0.5, 0.6) is 5.75 Å². The first-order valence-corrected chi connectivity index (χ1v) is 8.41. The fourth-order valence-corrected chi connectivity index (χ4v) is 2.77. The lowest BCUT2D eigenvalue weighted by atomic mass is 10.2. The number of unbranched alkanes of at least 4 members (excludes halogenated alkanes) is 3. The first-order chi connectivity index (χ1) is 10.2. The maximum absolute atomic E-state index is 6.08. The van der Waals surface area contributed by atoms with Crippen molar-refractivity contribution in [3.63, 3.8) is 0 Å². The molecule has 0 N–H and O–H groups in total. The van der Waals surface area contributed by atoms with Crippen LogP contribution in [0.1, 0.15) is 52.3 Å². The number of hydrogen-bond donors (Lipinski definition) is 0. The van der Waals surface area contributed by atoms with Crippen LogP contribution in [0.15, 0.2) is 18.2 Å². The van der Waals surface area contributed by atoms with Gasteiger partial charge in [0.1, 0.15) is 17.1 Å². The number of rotatable bonds is 8. The van der Waals surface area contributed by atoms with Crippen LogP contribution in [-0.4, -0.2) is 15.7 Å². The molecule has 1 aromatic heterocycles. The van der Waals surface area contributed by atoms with Gasteiger partial charge in [-0.15, -0.1) is 11.6 Å². The molecule has 1 heterocycles. The van der Waals surface area contributed by atoms with Crippen molar-refractivity contribution >= 4 is 22.6 Å². The summed E-state index contributed by atoms with van der Waals surface area (Å²) < 4.78 is 8.11. The number of imidazole rings is 1. The number of halogens is 1. The Kier molecular flexibility index (Phi) is 5.92. The third kappa shape index (κ3) is 3.91. The van der Waals surface area contributed by atoms with Crippen LogP contribution in [0.2, 0.25) is 0 Å². The van der Waals surface area contributed by atoms with Crippen LogP contribution in [0.25, 0.3) is 11.0 Å². The third-order valence-electron chi connectivity index (χ3n) is 3.54. The highest BCUT2D eigenvalue weighted by Crippen LogP contribution is 2.28. The third-order valence-corrected chi connectivity index (χ3v) is 3.78. The Labute approximate surface area is 132 Å². The van der Waals surface area contributed by atoms with E-state index in [1.54, 1.807) is 0 Å². The molecule has 0 aliphatic rings. The molecule has 2 rings (SSSR count). The minimum atomic E-state index is 0.143. The predicted molar refractivity (Wildman–Crippen MR) is 89.2 cm³/mol. The SMILES string of the molecule is CCCCCCn1c(CCl)nc2c(OC(C)C)cccc21. The zero-order valence-electron chi connectivity index (χ0n) is 13.2. The number of fused-ring (bicyclic) bond motifs is 1. The van der Waals surface area contributed by atoms with Crippen molar-refractivity contribution in [2.45, 2.75) is 65.0 Å². The molecule has 1 aromatic carbocycles. The maximum Gasteiger partial charge on any atom is 0.147 e. The molecular weight excluding hydrogens is 284 g/mol. The average Bonchev–Trinajstić information content (AvgIpc) is 2.82. The largest absolute Gasteiger partial charge is 0.489 e. The van der Waals surface area contributed by atoms with Gasteiger partial charge in [0.15, 0.2) is 0 Å². The van der Waals surface area contributed by atoms with Crippen molar-refractivity contribution in [2.75, 3.05) is 0 Å². The van der Waals surface area contributed by atoms with E-state index in [4.69, 9.17) is 16.3 Å². The molecule has 0 fully saturated rings. The van der Waals surface area contributed by atoms with Crippen LogP contribution in [0.3, 0.4) is 0 Å². The zero-order valence-corrected chi connectivity index (χ0v) is 14.0. The van der Waals surface area contributed by atoms with Gasteiger partial charge in [-0.25, -0.2) is 4.98 Å². The zero-order chi connectivity index (χ0) is 15.2. The van der Waals surface area contributed by atoms with Gasteiger partial charge in [-0.05, 0) is 32.4 Å². The van der Waals surface area contributed by atoms with Crippen molar-refractivity contribution < 1.29 is 4.74 Å². The second-order valence-electron chi connectivity index (χ2n) is 5.66. The molecule has 0 amide bonds. The molecule has 0 saturated carbocycles. The number of nitrogens with zero attached hydrogens (tertiary/aromatic N) is 2. The van der Waals surface area contributed by atoms with Crippen LogP contribution in [-0.2, 0) is 12.4 Å². The number of aryl methyl sites for hydroxylation is 1. The summed E-state index contributed by atoms with van der Waals surface area (Å²) in [6.45, 7) is 7.27. The first kappa shape index (κ1) is 16.2. The Bertz CT molecular complexity index is 577. The molecule has 0 spiro atoms. The van der Waals surface area contributed by atoms with Gasteiger partial charge in [-0.1, -0.05) is 32.3 Å². The van der Waals surface area contributed by atoms with E-state index in [0.717, 1.165) is 29.2 Å². The molecule has 0 aliphatic heterocycles. The Morgan fingerprint density at radius 3 is 2.71 bits per heavy atom.